The van der Waals surface area contributed by atoms with Crippen molar-refractivity contribution in [1.82, 2.24) is 4.98 Å². The van der Waals surface area contributed by atoms with Gasteiger partial charge in [0, 0.05) is 16.2 Å². The van der Waals surface area contributed by atoms with E-state index in [2.05, 4.69) is 27.0 Å². The number of rotatable bonds is 2. The van der Waals surface area contributed by atoms with Gasteiger partial charge in [0.25, 0.3) is 0 Å². The minimum Gasteiger partial charge on any atom is -0.293 e. The van der Waals surface area contributed by atoms with Gasteiger partial charge in [0.1, 0.15) is 0 Å². The van der Waals surface area contributed by atoms with E-state index in [0.717, 1.165) is 34.1 Å². The lowest BCUT2D eigenvalue weighted by Crippen LogP contribution is -2.12. The van der Waals surface area contributed by atoms with E-state index in [1.54, 1.807) is 6.20 Å². The highest BCUT2D eigenvalue weighted by molar-refractivity contribution is 9.10. The van der Waals surface area contributed by atoms with E-state index < -0.39 is 0 Å². The highest BCUT2D eigenvalue weighted by atomic mass is 79.9. The van der Waals surface area contributed by atoms with Gasteiger partial charge in [-0.15, -0.1) is 0 Å². The number of aryl methyl sites for hydroxylation is 2. The Labute approximate surface area is 121 Å². The van der Waals surface area contributed by atoms with Crippen LogP contribution in [0.2, 0.25) is 0 Å². The van der Waals surface area contributed by atoms with Gasteiger partial charge in [0.2, 0.25) is 0 Å². The molecule has 0 aliphatic heterocycles. The molecule has 0 amide bonds. The molecule has 1 aromatic heterocycles. The van der Waals surface area contributed by atoms with Crippen LogP contribution in [-0.4, -0.2) is 10.8 Å². The second-order valence-corrected chi connectivity index (χ2v) is 5.84. The number of ketones is 1. The number of fused-ring (bicyclic) bond motifs is 1. The molecule has 1 heterocycles. The van der Waals surface area contributed by atoms with Gasteiger partial charge in [-0.05, 0) is 43.5 Å². The first kappa shape index (κ1) is 12.5. The van der Waals surface area contributed by atoms with E-state index in [-0.39, 0.29) is 11.7 Å². The van der Waals surface area contributed by atoms with Gasteiger partial charge in [0.05, 0.1) is 11.6 Å². The average molecular weight is 316 g/mol. The molecule has 1 aliphatic carbocycles. The number of benzene rings is 1. The van der Waals surface area contributed by atoms with Crippen LogP contribution in [0.15, 0.2) is 41.0 Å². The fourth-order valence-corrected chi connectivity index (χ4v) is 3.13. The molecule has 0 saturated carbocycles. The number of hydrogen-bond donors (Lipinski definition) is 0. The van der Waals surface area contributed by atoms with Crippen LogP contribution < -0.4 is 0 Å². The first-order chi connectivity index (χ1) is 9.16. The van der Waals surface area contributed by atoms with Gasteiger partial charge in [-0.2, -0.15) is 0 Å². The molecular weight excluding hydrogens is 302 g/mol. The van der Waals surface area contributed by atoms with Crippen LogP contribution in [0.1, 0.15) is 39.5 Å². The summed E-state index contributed by atoms with van der Waals surface area (Å²) in [5, 5.41) is 0. The van der Waals surface area contributed by atoms with Gasteiger partial charge < -0.3 is 0 Å². The van der Waals surface area contributed by atoms with Crippen LogP contribution in [0.25, 0.3) is 0 Å². The Hall–Kier alpha value is -1.48. The summed E-state index contributed by atoms with van der Waals surface area (Å²) in [5.41, 5.74) is 4.04. The van der Waals surface area contributed by atoms with Crippen molar-refractivity contribution in [1.29, 1.82) is 0 Å². The van der Waals surface area contributed by atoms with Crippen molar-refractivity contribution in [3.05, 3.63) is 63.4 Å². The van der Waals surface area contributed by atoms with E-state index in [0.29, 0.717) is 0 Å². The third kappa shape index (κ3) is 2.23. The van der Waals surface area contributed by atoms with Gasteiger partial charge >= 0.3 is 0 Å². The summed E-state index contributed by atoms with van der Waals surface area (Å²) >= 11 is 3.48. The second kappa shape index (κ2) is 4.89. The van der Waals surface area contributed by atoms with Crippen molar-refractivity contribution in [3.63, 3.8) is 0 Å². The highest BCUT2D eigenvalue weighted by Crippen LogP contribution is 2.35. The fourth-order valence-electron chi connectivity index (χ4n) is 2.68. The van der Waals surface area contributed by atoms with Gasteiger partial charge in [-0.25, -0.2) is 0 Å². The van der Waals surface area contributed by atoms with Crippen LogP contribution in [0.5, 0.6) is 0 Å². The van der Waals surface area contributed by atoms with Crippen molar-refractivity contribution in [3.8, 4) is 0 Å². The van der Waals surface area contributed by atoms with Gasteiger partial charge in [-0.1, -0.05) is 33.6 Å². The maximum atomic E-state index is 12.7. The predicted octanol–water partition coefficient (Wildman–Crippen LogP) is 4.07. The summed E-state index contributed by atoms with van der Waals surface area (Å²) in [4.78, 5) is 17.1. The molecule has 0 N–H and O–H groups in total. The molecule has 0 bridgehead atoms. The summed E-state index contributed by atoms with van der Waals surface area (Å²) in [5.74, 6) is 0.0855. The van der Waals surface area contributed by atoms with Gasteiger partial charge in [0.15, 0.2) is 5.78 Å². The number of aromatic nitrogens is 1. The normalized spacial score (nSPS) is 17.3. The smallest absolute Gasteiger partial charge is 0.173 e. The summed E-state index contributed by atoms with van der Waals surface area (Å²) < 4.78 is 0.868. The number of nitrogens with zero attached hydrogens (tertiary/aromatic N) is 1. The molecule has 1 aliphatic rings. The molecular formula is C16H14BrNO. The molecule has 0 radical (unpaired) electrons. The van der Waals surface area contributed by atoms with Crippen LogP contribution in [0.3, 0.4) is 0 Å². The fraction of sp³-hybridized carbons (Fsp3) is 0.250. The molecule has 2 aromatic rings. The van der Waals surface area contributed by atoms with Crippen molar-refractivity contribution >= 4 is 21.7 Å². The van der Waals surface area contributed by atoms with Crippen molar-refractivity contribution in [2.75, 3.05) is 0 Å². The first-order valence-electron chi connectivity index (χ1n) is 6.41. The lowest BCUT2D eigenvalue weighted by molar-refractivity contribution is 0.0957. The SMILES string of the molecule is Cc1ccc(Br)c(C(=O)C2CCc3cccnc32)c1. The predicted molar refractivity (Wildman–Crippen MR) is 78.5 cm³/mol. The van der Waals surface area contributed by atoms with E-state index in [9.17, 15) is 4.79 Å². The molecule has 0 spiro atoms. The topological polar surface area (TPSA) is 30.0 Å². The van der Waals surface area contributed by atoms with Crippen molar-refractivity contribution in [2.24, 2.45) is 0 Å². The Morgan fingerprint density at radius 2 is 2.21 bits per heavy atom. The van der Waals surface area contributed by atoms with Crippen molar-refractivity contribution in [2.45, 2.75) is 25.7 Å². The van der Waals surface area contributed by atoms with Crippen LogP contribution in [0.4, 0.5) is 0 Å². The Morgan fingerprint density at radius 1 is 1.37 bits per heavy atom. The molecule has 0 fully saturated rings. The van der Waals surface area contributed by atoms with Crippen LogP contribution >= 0.6 is 15.9 Å². The zero-order valence-corrected chi connectivity index (χ0v) is 12.3. The van der Waals surface area contributed by atoms with E-state index in [1.807, 2.05) is 31.2 Å². The first-order valence-corrected chi connectivity index (χ1v) is 7.20. The number of Topliss-reactive ketones (excluding diaryl/α,β-unsaturated/α-hetero) is 1. The molecule has 1 atom stereocenters. The van der Waals surface area contributed by atoms with E-state index in [4.69, 9.17) is 0 Å². The Bertz CT molecular complexity index is 651. The quantitative estimate of drug-likeness (QED) is 0.782. The number of pyridine rings is 1. The standard InChI is InChI=1S/C16H14BrNO/c1-10-4-7-14(17)13(9-10)16(19)12-6-5-11-3-2-8-18-15(11)12/h2-4,7-9,12H,5-6H2,1H3. The summed E-state index contributed by atoms with van der Waals surface area (Å²) in [6.07, 6.45) is 3.59. The largest absolute Gasteiger partial charge is 0.293 e. The molecule has 19 heavy (non-hydrogen) atoms. The zero-order chi connectivity index (χ0) is 13.4. The molecule has 3 rings (SSSR count). The second-order valence-electron chi connectivity index (χ2n) is 4.99. The maximum Gasteiger partial charge on any atom is 0.173 e. The lowest BCUT2D eigenvalue weighted by Gasteiger charge is -2.11. The minimum absolute atomic E-state index is 0.0886. The van der Waals surface area contributed by atoms with Crippen LogP contribution in [0, 0.1) is 6.92 Å². The molecule has 1 aromatic carbocycles. The third-order valence-electron chi connectivity index (χ3n) is 3.66. The average Bonchev–Trinajstić information content (AvgIpc) is 2.84. The summed E-state index contributed by atoms with van der Waals surface area (Å²) in [6, 6.07) is 9.90. The summed E-state index contributed by atoms with van der Waals surface area (Å²) in [6.45, 7) is 2.00. The van der Waals surface area contributed by atoms with E-state index in [1.165, 1.54) is 5.56 Å². The highest BCUT2D eigenvalue weighted by Gasteiger charge is 2.31. The monoisotopic (exact) mass is 315 g/mol. The minimum atomic E-state index is -0.0886. The van der Waals surface area contributed by atoms with Gasteiger partial charge in [-0.3, -0.25) is 9.78 Å². The molecule has 0 saturated heterocycles. The number of halogens is 1. The maximum absolute atomic E-state index is 12.7. The Balaban J connectivity index is 2.00. The zero-order valence-electron chi connectivity index (χ0n) is 10.7. The Morgan fingerprint density at radius 3 is 3.05 bits per heavy atom. The lowest BCUT2D eigenvalue weighted by atomic mass is 9.94. The van der Waals surface area contributed by atoms with Crippen LogP contribution in [-0.2, 0) is 6.42 Å². The summed E-state index contributed by atoms with van der Waals surface area (Å²) in [7, 11) is 0. The molecule has 96 valence electrons. The number of carbonyl (C=O) groups is 1. The van der Waals surface area contributed by atoms with Crippen molar-refractivity contribution < 1.29 is 4.79 Å². The number of carbonyl (C=O) groups excluding carboxylic acids is 1. The third-order valence-corrected chi connectivity index (χ3v) is 4.35. The molecule has 2 nitrogen and oxygen atoms in total. The number of hydrogen-bond acceptors (Lipinski definition) is 2. The molecule has 3 heteroatoms. The molecule has 1 unspecified atom stereocenters. The Kier molecular flexibility index (Phi) is 3.23. The van der Waals surface area contributed by atoms with E-state index >= 15 is 0 Å².